The molecule has 0 fully saturated rings. The number of aryl methyl sites for hydroxylation is 2. The lowest BCUT2D eigenvalue weighted by Gasteiger charge is -2.05. The van der Waals surface area contributed by atoms with Gasteiger partial charge in [0.25, 0.3) is 5.91 Å². The molecule has 0 aliphatic rings. The number of carbonyl (C=O) groups is 1. The molecule has 0 atom stereocenters. The summed E-state index contributed by atoms with van der Waals surface area (Å²) >= 11 is 6.47. The monoisotopic (exact) mass is 376 g/mol. The molecule has 2 aromatic carbocycles. The van der Waals surface area contributed by atoms with E-state index in [0.29, 0.717) is 22.1 Å². The molecule has 3 rings (SSSR count). The zero-order chi connectivity index (χ0) is 19.4. The summed E-state index contributed by atoms with van der Waals surface area (Å²) in [4.78, 5) is 12.5. The maximum absolute atomic E-state index is 12.5. The van der Waals surface area contributed by atoms with E-state index in [1.54, 1.807) is 17.7 Å². The predicted octanol–water partition coefficient (Wildman–Crippen LogP) is 4.69. The summed E-state index contributed by atoms with van der Waals surface area (Å²) in [6.45, 7) is 3.71. The van der Waals surface area contributed by atoms with Crippen LogP contribution in [0.3, 0.4) is 0 Å². The van der Waals surface area contributed by atoms with Crippen LogP contribution in [0.4, 0.5) is 5.69 Å². The lowest BCUT2D eigenvalue weighted by Crippen LogP contribution is -2.13. The van der Waals surface area contributed by atoms with E-state index in [1.807, 2.05) is 61.5 Å². The molecule has 0 saturated carbocycles. The van der Waals surface area contributed by atoms with Gasteiger partial charge in [0.1, 0.15) is 16.8 Å². The molecule has 1 amide bonds. The first-order valence-electron chi connectivity index (χ1n) is 8.30. The number of halogens is 1. The van der Waals surface area contributed by atoms with Crippen molar-refractivity contribution in [2.24, 2.45) is 0 Å². The fourth-order valence-electron chi connectivity index (χ4n) is 2.63. The van der Waals surface area contributed by atoms with Gasteiger partial charge in [-0.3, -0.25) is 4.79 Å². The molecule has 0 unspecified atom stereocenters. The number of nitrogens with one attached hydrogen (secondary N) is 1. The summed E-state index contributed by atoms with van der Waals surface area (Å²) in [7, 11) is 0. The number of benzene rings is 2. The highest BCUT2D eigenvalue weighted by molar-refractivity contribution is 6.31. The van der Waals surface area contributed by atoms with Gasteiger partial charge in [-0.1, -0.05) is 41.9 Å². The number of aromatic nitrogens is 2. The number of nitriles is 1. The van der Waals surface area contributed by atoms with Crippen molar-refractivity contribution >= 4 is 29.3 Å². The molecule has 0 aliphatic heterocycles. The van der Waals surface area contributed by atoms with Crippen LogP contribution in [0.15, 0.2) is 60.2 Å². The Labute approximate surface area is 162 Å². The van der Waals surface area contributed by atoms with Gasteiger partial charge in [-0.25, -0.2) is 4.68 Å². The maximum atomic E-state index is 12.5. The quantitative estimate of drug-likeness (QED) is 0.530. The van der Waals surface area contributed by atoms with Crippen molar-refractivity contribution < 1.29 is 4.79 Å². The molecular weight excluding hydrogens is 360 g/mol. The maximum Gasteiger partial charge on any atom is 0.266 e. The number of para-hydroxylation sites is 1. The second-order valence-corrected chi connectivity index (χ2v) is 6.39. The highest BCUT2D eigenvalue weighted by Crippen LogP contribution is 2.26. The summed E-state index contributed by atoms with van der Waals surface area (Å²) in [5, 5.41) is 16.9. The molecule has 1 aromatic heterocycles. The molecule has 0 radical (unpaired) electrons. The van der Waals surface area contributed by atoms with Gasteiger partial charge in [0, 0.05) is 11.3 Å². The molecule has 0 saturated heterocycles. The highest BCUT2D eigenvalue weighted by Gasteiger charge is 2.16. The molecule has 5 nitrogen and oxygen atoms in total. The minimum Gasteiger partial charge on any atom is -0.321 e. The fourth-order valence-corrected chi connectivity index (χ4v) is 2.96. The Hall–Kier alpha value is -3.36. The van der Waals surface area contributed by atoms with Gasteiger partial charge >= 0.3 is 0 Å². The van der Waals surface area contributed by atoms with E-state index < -0.39 is 5.91 Å². The summed E-state index contributed by atoms with van der Waals surface area (Å²) in [5.74, 6) is -0.494. The molecule has 1 N–H and O–H groups in total. The Morgan fingerprint density at radius 1 is 1.19 bits per heavy atom. The number of carbonyl (C=O) groups excluding carboxylic acids is 1. The molecule has 0 aliphatic carbocycles. The van der Waals surface area contributed by atoms with E-state index >= 15 is 0 Å². The highest BCUT2D eigenvalue weighted by atomic mass is 35.5. The van der Waals surface area contributed by atoms with Crippen molar-refractivity contribution in [3.63, 3.8) is 0 Å². The minimum absolute atomic E-state index is 0.0471. The number of hydrogen-bond donors (Lipinski definition) is 1. The Morgan fingerprint density at radius 3 is 2.59 bits per heavy atom. The molecule has 0 spiro atoms. The van der Waals surface area contributed by atoms with Crippen LogP contribution in [-0.4, -0.2) is 15.7 Å². The van der Waals surface area contributed by atoms with Crippen LogP contribution < -0.4 is 5.32 Å². The van der Waals surface area contributed by atoms with Gasteiger partial charge < -0.3 is 5.32 Å². The van der Waals surface area contributed by atoms with Crippen molar-refractivity contribution in [1.82, 2.24) is 9.78 Å². The first kappa shape index (κ1) is 18.4. The Balaban J connectivity index is 1.93. The molecule has 3 aromatic rings. The molecular formula is C21H17ClN4O. The van der Waals surface area contributed by atoms with Crippen molar-refractivity contribution in [3.8, 4) is 11.8 Å². The predicted molar refractivity (Wildman–Crippen MR) is 107 cm³/mol. The second kappa shape index (κ2) is 7.90. The zero-order valence-electron chi connectivity index (χ0n) is 14.9. The minimum atomic E-state index is -0.494. The molecule has 6 heteroatoms. The Kier molecular flexibility index (Phi) is 5.39. The SMILES string of the molecule is Cc1cccc(NC(=O)/C(C#N)=C/c2c(C)nn(-c3ccccc3)c2Cl)c1. The van der Waals surface area contributed by atoms with E-state index in [1.165, 1.54) is 6.08 Å². The largest absolute Gasteiger partial charge is 0.321 e. The normalized spacial score (nSPS) is 11.1. The van der Waals surface area contributed by atoms with Crippen molar-refractivity contribution in [3.05, 3.63) is 82.1 Å². The summed E-state index contributed by atoms with van der Waals surface area (Å²) in [6.07, 6.45) is 1.47. The van der Waals surface area contributed by atoms with E-state index in [9.17, 15) is 10.1 Å². The van der Waals surface area contributed by atoms with Gasteiger partial charge in [-0.15, -0.1) is 0 Å². The first-order valence-corrected chi connectivity index (χ1v) is 8.67. The topological polar surface area (TPSA) is 70.7 Å². The molecule has 27 heavy (non-hydrogen) atoms. The van der Waals surface area contributed by atoms with Gasteiger partial charge in [0.15, 0.2) is 0 Å². The summed E-state index contributed by atoms with van der Waals surface area (Å²) < 4.78 is 1.58. The fraction of sp³-hybridized carbons (Fsp3) is 0.0952. The number of rotatable bonds is 4. The lowest BCUT2D eigenvalue weighted by molar-refractivity contribution is -0.112. The van der Waals surface area contributed by atoms with E-state index in [-0.39, 0.29) is 5.57 Å². The average Bonchev–Trinajstić information content (AvgIpc) is 2.94. The van der Waals surface area contributed by atoms with E-state index in [2.05, 4.69) is 10.4 Å². The lowest BCUT2D eigenvalue weighted by atomic mass is 10.1. The Bertz CT molecular complexity index is 1060. The molecule has 0 bridgehead atoms. The zero-order valence-corrected chi connectivity index (χ0v) is 15.7. The third-order valence-electron chi connectivity index (χ3n) is 3.98. The standard InChI is InChI=1S/C21H17ClN4O/c1-14-7-6-8-17(11-14)24-21(27)16(13-23)12-19-15(2)25-26(20(19)22)18-9-4-3-5-10-18/h3-12H,1-2H3,(H,24,27)/b16-12+. The van der Waals surface area contributed by atoms with Gasteiger partial charge in [0.05, 0.1) is 11.4 Å². The third kappa shape index (κ3) is 4.08. The molecule has 1 heterocycles. The van der Waals surface area contributed by atoms with E-state index in [4.69, 9.17) is 11.6 Å². The third-order valence-corrected chi connectivity index (χ3v) is 4.34. The summed E-state index contributed by atoms with van der Waals surface area (Å²) in [6, 6.07) is 18.7. The van der Waals surface area contributed by atoms with Gasteiger partial charge in [-0.2, -0.15) is 10.4 Å². The van der Waals surface area contributed by atoms with Crippen molar-refractivity contribution in [2.45, 2.75) is 13.8 Å². The Morgan fingerprint density at radius 2 is 1.93 bits per heavy atom. The number of anilines is 1. The van der Waals surface area contributed by atoms with Gasteiger partial charge in [0.2, 0.25) is 0 Å². The van der Waals surface area contributed by atoms with Crippen LogP contribution in [0.1, 0.15) is 16.8 Å². The number of amides is 1. The smallest absolute Gasteiger partial charge is 0.266 e. The van der Waals surface area contributed by atoms with Crippen molar-refractivity contribution in [2.75, 3.05) is 5.32 Å². The van der Waals surface area contributed by atoms with Crippen LogP contribution in [0.5, 0.6) is 0 Å². The van der Waals surface area contributed by atoms with Crippen LogP contribution in [-0.2, 0) is 4.79 Å². The molecule has 134 valence electrons. The summed E-state index contributed by atoms with van der Waals surface area (Å²) in [5.41, 5.74) is 3.56. The number of hydrogen-bond acceptors (Lipinski definition) is 3. The van der Waals surface area contributed by atoms with Crippen LogP contribution in [0.2, 0.25) is 5.15 Å². The van der Waals surface area contributed by atoms with E-state index in [0.717, 1.165) is 11.3 Å². The average molecular weight is 377 g/mol. The van der Waals surface area contributed by atoms with Crippen LogP contribution >= 0.6 is 11.6 Å². The number of nitrogens with zero attached hydrogens (tertiary/aromatic N) is 3. The van der Waals surface area contributed by atoms with Gasteiger partial charge in [-0.05, 0) is 49.8 Å². The van der Waals surface area contributed by atoms with Crippen molar-refractivity contribution in [1.29, 1.82) is 5.26 Å². The second-order valence-electron chi connectivity index (χ2n) is 6.03. The van der Waals surface area contributed by atoms with Crippen LogP contribution in [0.25, 0.3) is 11.8 Å². The first-order chi connectivity index (χ1) is 13.0. The van der Waals surface area contributed by atoms with Crippen LogP contribution in [0, 0.1) is 25.2 Å².